The average Bonchev–Trinajstić information content (AvgIpc) is 3.16. The van der Waals surface area contributed by atoms with E-state index < -0.39 is 7.12 Å². The third-order valence-electron chi connectivity index (χ3n) is 10.4. The van der Waals surface area contributed by atoms with Gasteiger partial charge in [0.2, 0.25) is 0 Å². The average molecular weight is 759 g/mol. The largest absolute Gasteiger partial charge is 0.456 e. The molecule has 0 atom stereocenters. The van der Waals surface area contributed by atoms with Crippen LogP contribution in [0.25, 0.3) is 65.6 Å². The van der Waals surface area contributed by atoms with E-state index in [9.17, 15) is 0 Å². The molecule has 0 bridgehead atoms. The Balaban J connectivity index is 0.000000136. The first kappa shape index (κ1) is 37.5. The molecule has 0 aliphatic carbocycles. The predicted octanol–water partition coefficient (Wildman–Crippen LogP) is 12.9. The molecular formula is C48H44BClN2O4. The van der Waals surface area contributed by atoms with Crippen LogP contribution >= 0.6 is 11.6 Å². The van der Waals surface area contributed by atoms with E-state index in [1.165, 1.54) is 38.1 Å². The minimum Gasteiger partial charge on any atom is -0.456 e. The molecule has 0 fully saturated rings. The molecule has 2 aliphatic rings. The Hall–Kier alpha value is -5.47. The van der Waals surface area contributed by atoms with Crippen molar-refractivity contribution in [2.24, 2.45) is 11.8 Å². The molecule has 8 aromatic rings. The third kappa shape index (κ3) is 7.07. The SMILES string of the molecule is CC(C)CB(O)O.Cc1c2c(cc3ccccc13)-c1nccc3cc(CC(C)C)cc(c13)O2.Cc1c2c(cc3ccccc13)-c1nccc3cc(Cl)cc(c13)O2. The minimum atomic E-state index is -1.13. The van der Waals surface area contributed by atoms with Crippen LogP contribution in [0.1, 0.15) is 44.4 Å². The van der Waals surface area contributed by atoms with Gasteiger partial charge in [0, 0.05) is 45.7 Å². The summed E-state index contributed by atoms with van der Waals surface area (Å²) in [6.07, 6.45) is 5.27. The van der Waals surface area contributed by atoms with Gasteiger partial charge in [0.05, 0.1) is 22.2 Å². The molecule has 6 aromatic carbocycles. The number of nitrogens with zero attached hydrogens (tertiary/aromatic N) is 2. The Labute approximate surface area is 332 Å². The number of hydrogen-bond acceptors (Lipinski definition) is 6. The minimum absolute atomic E-state index is 0.375. The van der Waals surface area contributed by atoms with Gasteiger partial charge in [-0.2, -0.15) is 0 Å². The number of pyridine rings is 2. The van der Waals surface area contributed by atoms with Crippen molar-refractivity contribution in [1.82, 2.24) is 9.97 Å². The number of rotatable bonds is 4. The lowest BCUT2D eigenvalue weighted by Crippen LogP contribution is -2.12. The highest BCUT2D eigenvalue weighted by atomic mass is 35.5. The van der Waals surface area contributed by atoms with E-state index in [1.807, 2.05) is 50.5 Å². The number of aryl methyl sites for hydroxylation is 2. The first-order valence-electron chi connectivity index (χ1n) is 19.2. The molecular weight excluding hydrogens is 715 g/mol. The van der Waals surface area contributed by atoms with Crippen molar-refractivity contribution in [2.75, 3.05) is 0 Å². The van der Waals surface area contributed by atoms with E-state index in [0.717, 1.165) is 73.7 Å². The smallest absolute Gasteiger partial charge is 0.451 e. The maximum absolute atomic E-state index is 8.28. The van der Waals surface area contributed by atoms with Crippen molar-refractivity contribution in [3.63, 3.8) is 0 Å². The summed E-state index contributed by atoms with van der Waals surface area (Å²) in [5.41, 5.74) is 7.76. The van der Waals surface area contributed by atoms with Gasteiger partial charge in [-0.1, -0.05) is 93.9 Å². The summed E-state index contributed by atoms with van der Waals surface area (Å²) in [4.78, 5) is 9.37. The van der Waals surface area contributed by atoms with Crippen LogP contribution in [0, 0.1) is 25.7 Å². The van der Waals surface area contributed by atoms with Crippen molar-refractivity contribution in [2.45, 2.75) is 54.3 Å². The zero-order valence-corrected chi connectivity index (χ0v) is 33.3. The van der Waals surface area contributed by atoms with Crippen molar-refractivity contribution in [3.8, 4) is 45.5 Å². The Morgan fingerprint density at radius 3 is 1.59 bits per heavy atom. The Morgan fingerprint density at radius 2 is 1.11 bits per heavy atom. The molecule has 56 heavy (non-hydrogen) atoms. The second-order valence-electron chi connectivity index (χ2n) is 15.6. The normalized spacial score (nSPS) is 12.1. The van der Waals surface area contributed by atoms with Gasteiger partial charge in [0.1, 0.15) is 23.0 Å². The monoisotopic (exact) mass is 758 g/mol. The highest BCUT2D eigenvalue weighted by molar-refractivity contribution is 6.41. The first-order valence-corrected chi connectivity index (χ1v) is 19.6. The van der Waals surface area contributed by atoms with Crippen LogP contribution in [0.5, 0.6) is 23.0 Å². The van der Waals surface area contributed by atoms with Crippen LogP contribution in [-0.4, -0.2) is 27.1 Å². The van der Waals surface area contributed by atoms with Crippen LogP contribution in [0.2, 0.25) is 11.3 Å². The Morgan fingerprint density at radius 1 is 0.607 bits per heavy atom. The molecule has 2 N–H and O–H groups in total. The molecule has 0 saturated heterocycles. The molecule has 0 amide bonds. The predicted molar refractivity (Wildman–Crippen MR) is 232 cm³/mol. The van der Waals surface area contributed by atoms with E-state index in [1.54, 1.807) is 0 Å². The molecule has 0 saturated carbocycles. The molecule has 0 unspecified atom stereocenters. The lowest BCUT2D eigenvalue weighted by atomic mass is 9.80. The Bertz CT molecular complexity index is 2790. The first-order chi connectivity index (χ1) is 27.0. The molecule has 8 heteroatoms. The van der Waals surface area contributed by atoms with Gasteiger partial charge in [0.15, 0.2) is 0 Å². The fraction of sp³-hybridized carbons (Fsp3) is 0.208. The van der Waals surface area contributed by atoms with E-state index >= 15 is 0 Å². The summed E-state index contributed by atoms with van der Waals surface area (Å²) in [6.45, 7) is 12.6. The van der Waals surface area contributed by atoms with Crippen LogP contribution in [0.15, 0.2) is 109 Å². The topological polar surface area (TPSA) is 84.7 Å². The van der Waals surface area contributed by atoms with Crippen molar-refractivity contribution in [3.05, 3.63) is 131 Å². The number of halogens is 1. The van der Waals surface area contributed by atoms with Crippen LogP contribution in [-0.2, 0) is 6.42 Å². The van der Waals surface area contributed by atoms with Crippen LogP contribution in [0.3, 0.4) is 0 Å². The number of hydrogen-bond donors (Lipinski definition) is 2. The highest BCUT2D eigenvalue weighted by Gasteiger charge is 2.26. The molecule has 280 valence electrons. The summed E-state index contributed by atoms with van der Waals surface area (Å²) in [6, 6.07) is 33.6. The second kappa shape index (κ2) is 15.2. The quantitative estimate of drug-likeness (QED) is 0.174. The maximum atomic E-state index is 8.28. The molecule has 6 nitrogen and oxygen atoms in total. The summed E-state index contributed by atoms with van der Waals surface area (Å²) >= 11 is 6.24. The highest BCUT2D eigenvalue weighted by Crippen LogP contribution is 2.51. The summed E-state index contributed by atoms with van der Waals surface area (Å²) in [5.74, 6) is 4.52. The summed E-state index contributed by atoms with van der Waals surface area (Å²) in [5, 5.41) is 26.5. The van der Waals surface area contributed by atoms with Crippen LogP contribution < -0.4 is 9.47 Å². The zero-order chi connectivity index (χ0) is 39.2. The second-order valence-corrected chi connectivity index (χ2v) is 16.1. The van der Waals surface area contributed by atoms with Crippen molar-refractivity contribution < 1.29 is 19.5 Å². The van der Waals surface area contributed by atoms with Gasteiger partial charge in [-0.15, -0.1) is 0 Å². The van der Waals surface area contributed by atoms with Gasteiger partial charge in [-0.25, -0.2) is 0 Å². The van der Waals surface area contributed by atoms with E-state index in [2.05, 4.69) is 105 Å². The number of ether oxygens (including phenoxy) is 2. The molecule has 2 aromatic heterocycles. The third-order valence-corrected chi connectivity index (χ3v) is 10.7. The van der Waals surface area contributed by atoms with Crippen molar-refractivity contribution >= 4 is 61.8 Å². The lowest BCUT2D eigenvalue weighted by Gasteiger charge is -2.24. The molecule has 0 radical (unpaired) electrons. The fourth-order valence-electron chi connectivity index (χ4n) is 8.02. The van der Waals surface area contributed by atoms with Gasteiger partial charge in [-0.05, 0) is 113 Å². The van der Waals surface area contributed by atoms with E-state index in [-0.39, 0.29) is 0 Å². The molecule has 4 heterocycles. The van der Waals surface area contributed by atoms with Crippen molar-refractivity contribution in [1.29, 1.82) is 0 Å². The summed E-state index contributed by atoms with van der Waals surface area (Å²) < 4.78 is 12.7. The number of fused-ring (bicyclic) bond motifs is 6. The molecule has 2 aliphatic heterocycles. The van der Waals surface area contributed by atoms with E-state index in [4.69, 9.17) is 36.1 Å². The number of aromatic nitrogens is 2. The molecule has 0 spiro atoms. The number of benzene rings is 6. The fourth-order valence-corrected chi connectivity index (χ4v) is 8.23. The zero-order valence-electron chi connectivity index (χ0n) is 32.5. The molecule has 10 rings (SSSR count). The standard InChI is InChI=1S/C24H21NO.C20H12ClNO.C4H11BO2/c1-14(2)10-16-11-18-8-9-25-23-20-13-17-6-4-5-7-19(17)15(3)24(20)26-21(12-16)22(18)23;1-11-15-5-3-2-4-12(15)9-16-19-18-13(6-7-22-19)8-14(21)10-17(18)23-20(11)16;1-4(2)3-5(6)7/h4-9,11-14H,10H2,1-3H3;2-10H,1H3;4,6-7H,3H2,1-2H3. The van der Waals surface area contributed by atoms with Gasteiger partial charge in [0.25, 0.3) is 0 Å². The maximum Gasteiger partial charge on any atom is 0.451 e. The lowest BCUT2D eigenvalue weighted by molar-refractivity contribution is 0.394. The van der Waals surface area contributed by atoms with Gasteiger partial charge in [-0.3, -0.25) is 9.97 Å². The summed E-state index contributed by atoms with van der Waals surface area (Å²) in [7, 11) is -1.13. The van der Waals surface area contributed by atoms with Crippen LogP contribution in [0.4, 0.5) is 0 Å². The van der Waals surface area contributed by atoms with Gasteiger partial charge < -0.3 is 19.5 Å². The Kier molecular flexibility index (Phi) is 10.2. The van der Waals surface area contributed by atoms with Gasteiger partial charge >= 0.3 is 7.12 Å². The van der Waals surface area contributed by atoms with E-state index in [0.29, 0.717) is 23.2 Å².